The summed E-state index contributed by atoms with van der Waals surface area (Å²) in [5.41, 5.74) is 1.27. The zero-order valence-corrected chi connectivity index (χ0v) is 8.70. The third-order valence-corrected chi connectivity index (χ3v) is 1.50. The number of carbonyl (C=O) groups is 1. The monoisotopic (exact) mass is 193 g/mol. The smallest absolute Gasteiger partial charge is 0.337 e. The van der Waals surface area contributed by atoms with E-state index in [1.165, 1.54) is 13.3 Å². The van der Waals surface area contributed by atoms with Crippen LogP contribution in [0.2, 0.25) is 0 Å². The Bertz CT molecular complexity index is 291. The fourth-order valence-electron chi connectivity index (χ4n) is 0.833. The lowest BCUT2D eigenvalue weighted by molar-refractivity contribution is 0.0601. The molecule has 0 heterocycles. The Balaban J connectivity index is 0.000000791. The van der Waals surface area contributed by atoms with E-state index >= 15 is 0 Å². The van der Waals surface area contributed by atoms with E-state index in [1.54, 1.807) is 24.3 Å². The number of hydrogen-bond acceptors (Lipinski definition) is 3. The van der Waals surface area contributed by atoms with Gasteiger partial charge in [0.25, 0.3) is 0 Å². The molecule has 0 aliphatic rings. The van der Waals surface area contributed by atoms with Crippen molar-refractivity contribution >= 4 is 12.2 Å². The van der Waals surface area contributed by atoms with E-state index in [4.69, 9.17) is 5.41 Å². The lowest BCUT2D eigenvalue weighted by atomic mass is 10.1. The molecule has 0 amide bonds. The molecule has 3 nitrogen and oxygen atoms in total. The Hall–Kier alpha value is -1.64. The molecular weight excluding hydrogens is 178 g/mol. The van der Waals surface area contributed by atoms with Crippen LogP contribution in [-0.4, -0.2) is 19.3 Å². The van der Waals surface area contributed by atoms with E-state index in [1.807, 2.05) is 13.8 Å². The molecule has 0 saturated carbocycles. The number of benzene rings is 1. The van der Waals surface area contributed by atoms with E-state index in [9.17, 15) is 4.79 Å². The van der Waals surface area contributed by atoms with Crippen molar-refractivity contribution in [1.82, 2.24) is 0 Å². The van der Waals surface area contributed by atoms with Crippen molar-refractivity contribution in [2.24, 2.45) is 0 Å². The number of rotatable bonds is 2. The zero-order chi connectivity index (χ0) is 11.0. The fourth-order valence-corrected chi connectivity index (χ4v) is 0.833. The number of methoxy groups -OCH3 is 1. The summed E-state index contributed by atoms with van der Waals surface area (Å²) in [5, 5.41) is 6.93. The van der Waals surface area contributed by atoms with Crippen molar-refractivity contribution in [3.8, 4) is 0 Å². The number of nitrogens with one attached hydrogen (secondary N) is 1. The second-order valence-electron chi connectivity index (χ2n) is 2.26. The molecule has 0 unspecified atom stereocenters. The second-order valence-corrected chi connectivity index (χ2v) is 2.26. The number of ether oxygens (including phenoxy) is 1. The van der Waals surface area contributed by atoms with Crippen LogP contribution < -0.4 is 0 Å². The zero-order valence-electron chi connectivity index (χ0n) is 8.70. The van der Waals surface area contributed by atoms with Gasteiger partial charge in [0.15, 0.2) is 0 Å². The molecule has 0 saturated heterocycles. The number of hydrogen-bond donors (Lipinski definition) is 1. The molecule has 1 rings (SSSR count). The van der Waals surface area contributed by atoms with Gasteiger partial charge in [-0.3, -0.25) is 0 Å². The van der Waals surface area contributed by atoms with E-state index in [-0.39, 0.29) is 5.97 Å². The summed E-state index contributed by atoms with van der Waals surface area (Å²) < 4.78 is 4.51. The Labute approximate surface area is 84.2 Å². The van der Waals surface area contributed by atoms with Gasteiger partial charge in [-0.1, -0.05) is 26.0 Å². The van der Waals surface area contributed by atoms with E-state index in [2.05, 4.69) is 4.74 Å². The largest absolute Gasteiger partial charge is 0.465 e. The van der Waals surface area contributed by atoms with Gasteiger partial charge < -0.3 is 10.1 Å². The molecule has 0 bridgehead atoms. The van der Waals surface area contributed by atoms with Crippen LogP contribution in [0.4, 0.5) is 0 Å². The minimum atomic E-state index is -0.355. The summed E-state index contributed by atoms with van der Waals surface area (Å²) in [4.78, 5) is 10.9. The number of carbonyl (C=O) groups excluding carboxylic acids is 1. The highest BCUT2D eigenvalue weighted by Gasteiger charge is 2.02. The molecule has 1 aromatic rings. The standard InChI is InChI=1S/C9H9NO2.C2H6/c1-12-9(11)8-4-2-7(6-10)3-5-8;1-2/h2-6,10H,1H3;1-2H3. The van der Waals surface area contributed by atoms with Crippen molar-refractivity contribution in [1.29, 1.82) is 5.41 Å². The summed E-state index contributed by atoms with van der Waals surface area (Å²) in [6, 6.07) is 6.65. The van der Waals surface area contributed by atoms with Crippen molar-refractivity contribution in [3.05, 3.63) is 35.4 Å². The molecule has 3 heteroatoms. The number of esters is 1. The van der Waals surface area contributed by atoms with Crippen LogP contribution in [0.5, 0.6) is 0 Å². The van der Waals surface area contributed by atoms with Crippen LogP contribution in [-0.2, 0) is 4.74 Å². The molecule has 1 aromatic carbocycles. The predicted octanol–water partition coefficient (Wildman–Crippen LogP) is 2.50. The average Bonchev–Trinajstić information content (AvgIpc) is 2.31. The molecular formula is C11H15NO2. The van der Waals surface area contributed by atoms with Gasteiger partial charge in [0.1, 0.15) is 0 Å². The first-order valence-corrected chi connectivity index (χ1v) is 4.47. The molecule has 0 atom stereocenters. The summed E-state index contributed by atoms with van der Waals surface area (Å²) in [6.45, 7) is 4.00. The SMILES string of the molecule is CC.COC(=O)c1ccc(C=N)cc1. The molecule has 0 aliphatic heterocycles. The minimum absolute atomic E-state index is 0.355. The first kappa shape index (κ1) is 12.4. The van der Waals surface area contributed by atoms with Crippen LogP contribution >= 0.6 is 0 Å². The van der Waals surface area contributed by atoms with Gasteiger partial charge in [-0.05, 0) is 17.7 Å². The highest BCUT2D eigenvalue weighted by atomic mass is 16.5. The van der Waals surface area contributed by atoms with Crippen LogP contribution in [0.25, 0.3) is 0 Å². The quantitative estimate of drug-likeness (QED) is 0.579. The van der Waals surface area contributed by atoms with E-state index < -0.39 is 0 Å². The Morgan fingerprint density at radius 2 is 1.79 bits per heavy atom. The Kier molecular flexibility index (Phi) is 6.03. The molecule has 1 N–H and O–H groups in total. The van der Waals surface area contributed by atoms with Gasteiger partial charge in [-0.2, -0.15) is 0 Å². The Morgan fingerprint density at radius 1 is 1.29 bits per heavy atom. The van der Waals surface area contributed by atoms with Crippen LogP contribution in [0.1, 0.15) is 29.8 Å². The molecule has 14 heavy (non-hydrogen) atoms. The normalized spacial score (nSPS) is 8.21. The van der Waals surface area contributed by atoms with Gasteiger partial charge in [0, 0.05) is 6.21 Å². The molecule has 0 spiro atoms. The maximum atomic E-state index is 10.9. The summed E-state index contributed by atoms with van der Waals surface area (Å²) in [5.74, 6) is -0.355. The second kappa shape index (κ2) is 6.83. The van der Waals surface area contributed by atoms with Gasteiger partial charge in [-0.15, -0.1) is 0 Å². The molecule has 0 fully saturated rings. The van der Waals surface area contributed by atoms with Crippen LogP contribution in [0, 0.1) is 5.41 Å². The van der Waals surface area contributed by atoms with Crippen molar-refractivity contribution < 1.29 is 9.53 Å². The summed E-state index contributed by atoms with van der Waals surface area (Å²) in [7, 11) is 1.34. The van der Waals surface area contributed by atoms with Crippen LogP contribution in [0.15, 0.2) is 24.3 Å². The van der Waals surface area contributed by atoms with Gasteiger partial charge in [0.2, 0.25) is 0 Å². The minimum Gasteiger partial charge on any atom is -0.465 e. The molecule has 0 aliphatic carbocycles. The fraction of sp³-hybridized carbons (Fsp3) is 0.273. The van der Waals surface area contributed by atoms with Gasteiger partial charge in [-0.25, -0.2) is 4.79 Å². The summed E-state index contributed by atoms with van der Waals surface area (Å²) >= 11 is 0. The first-order valence-electron chi connectivity index (χ1n) is 4.47. The van der Waals surface area contributed by atoms with Gasteiger partial charge in [0.05, 0.1) is 12.7 Å². The van der Waals surface area contributed by atoms with Crippen LogP contribution in [0.3, 0.4) is 0 Å². The lowest BCUT2D eigenvalue weighted by Gasteiger charge is -1.97. The molecule has 0 aromatic heterocycles. The van der Waals surface area contributed by atoms with E-state index in [0.717, 1.165) is 5.56 Å². The third kappa shape index (κ3) is 3.39. The molecule has 0 radical (unpaired) electrons. The van der Waals surface area contributed by atoms with E-state index in [0.29, 0.717) is 5.56 Å². The van der Waals surface area contributed by atoms with Gasteiger partial charge >= 0.3 is 5.97 Å². The highest BCUT2D eigenvalue weighted by Crippen LogP contribution is 2.03. The summed E-state index contributed by atoms with van der Waals surface area (Å²) in [6.07, 6.45) is 1.22. The lowest BCUT2D eigenvalue weighted by Crippen LogP contribution is -2.00. The molecule has 76 valence electrons. The Morgan fingerprint density at radius 3 is 2.14 bits per heavy atom. The van der Waals surface area contributed by atoms with Crippen molar-refractivity contribution in [2.75, 3.05) is 7.11 Å². The van der Waals surface area contributed by atoms with Crippen molar-refractivity contribution in [3.63, 3.8) is 0 Å². The maximum absolute atomic E-state index is 10.9. The predicted molar refractivity (Wildman–Crippen MR) is 57.0 cm³/mol. The first-order chi connectivity index (χ1) is 6.77. The van der Waals surface area contributed by atoms with Crippen molar-refractivity contribution in [2.45, 2.75) is 13.8 Å². The highest BCUT2D eigenvalue weighted by molar-refractivity contribution is 5.90. The maximum Gasteiger partial charge on any atom is 0.337 e. The average molecular weight is 193 g/mol. The third-order valence-electron chi connectivity index (χ3n) is 1.50. The topological polar surface area (TPSA) is 50.2 Å².